The number of nitrogens with zero attached hydrogens (tertiary/aromatic N) is 5. The maximum atomic E-state index is 12.4. The van der Waals surface area contributed by atoms with Gasteiger partial charge in [0.2, 0.25) is 17.6 Å². The van der Waals surface area contributed by atoms with E-state index in [9.17, 15) is 4.79 Å². The Morgan fingerprint density at radius 2 is 1.68 bits per heavy atom. The summed E-state index contributed by atoms with van der Waals surface area (Å²) in [4.78, 5) is 23.3. The second-order valence-corrected chi connectivity index (χ2v) is 7.42. The number of rotatable bonds is 5. The van der Waals surface area contributed by atoms with Crippen molar-refractivity contribution in [3.8, 4) is 11.4 Å². The normalized spacial score (nSPS) is 19.1. The minimum atomic E-state index is 0.205. The lowest BCUT2D eigenvalue weighted by Gasteiger charge is -2.35. The fourth-order valence-electron chi connectivity index (χ4n) is 3.54. The molecule has 1 aromatic heterocycles. The van der Waals surface area contributed by atoms with Gasteiger partial charge in [-0.05, 0) is 6.92 Å². The van der Waals surface area contributed by atoms with E-state index < -0.39 is 0 Å². The van der Waals surface area contributed by atoms with Gasteiger partial charge in [-0.3, -0.25) is 14.6 Å². The average molecular weight is 385 g/mol. The number of morpholine rings is 1. The molecular formula is C20H27N5O3. The van der Waals surface area contributed by atoms with Crippen molar-refractivity contribution in [3.63, 3.8) is 0 Å². The Labute approximate surface area is 165 Å². The number of aromatic nitrogens is 2. The SMILES string of the molecule is Cc1ccc(-c2noc(CN3CCN(CC(=O)N4CCOCC4)CC3)n2)cc1. The Morgan fingerprint density at radius 3 is 2.39 bits per heavy atom. The minimum Gasteiger partial charge on any atom is -0.378 e. The molecule has 8 heteroatoms. The van der Waals surface area contributed by atoms with E-state index in [1.807, 2.05) is 29.2 Å². The summed E-state index contributed by atoms with van der Waals surface area (Å²) in [5.74, 6) is 1.47. The summed E-state index contributed by atoms with van der Waals surface area (Å²) in [5.41, 5.74) is 2.17. The van der Waals surface area contributed by atoms with Crippen LogP contribution in [0.3, 0.4) is 0 Å². The van der Waals surface area contributed by atoms with Gasteiger partial charge in [-0.1, -0.05) is 35.0 Å². The van der Waals surface area contributed by atoms with Crippen LogP contribution < -0.4 is 0 Å². The largest absolute Gasteiger partial charge is 0.378 e. The predicted octanol–water partition coefficient (Wildman–Crippen LogP) is 1.02. The molecule has 4 rings (SSSR count). The summed E-state index contributed by atoms with van der Waals surface area (Å²) in [6.45, 7) is 9.41. The van der Waals surface area contributed by atoms with Crippen molar-refractivity contribution in [2.24, 2.45) is 0 Å². The number of piperazine rings is 1. The highest BCUT2D eigenvalue weighted by Gasteiger charge is 2.24. The molecule has 28 heavy (non-hydrogen) atoms. The second kappa shape index (κ2) is 8.81. The van der Waals surface area contributed by atoms with Crippen LogP contribution in [0.25, 0.3) is 11.4 Å². The third kappa shape index (κ3) is 4.76. The Balaban J connectivity index is 1.24. The molecule has 0 radical (unpaired) electrons. The molecule has 0 aliphatic carbocycles. The summed E-state index contributed by atoms with van der Waals surface area (Å²) in [6, 6.07) is 8.11. The third-order valence-electron chi connectivity index (χ3n) is 5.32. The molecule has 8 nitrogen and oxygen atoms in total. The molecule has 1 amide bonds. The van der Waals surface area contributed by atoms with Crippen LogP contribution in [-0.4, -0.2) is 89.8 Å². The number of aryl methyl sites for hydroxylation is 1. The maximum Gasteiger partial charge on any atom is 0.241 e. The molecule has 3 heterocycles. The Bertz CT molecular complexity index is 777. The van der Waals surface area contributed by atoms with Crippen LogP contribution in [0.4, 0.5) is 0 Å². The van der Waals surface area contributed by atoms with Gasteiger partial charge < -0.3 is 14.2 Å². The summed E-state index contributed by atoms with van der Waals surface area (Å²) < 4.78 is 10.7. The van der Waals surface area contributed by atoms with Crippen LogP contribution in [0.2, 0.25) is 0 Å². The lowest BCUT2D eigenvalue weighted by molar-refractivity contribution is -0.136. The Kier molecular flexibility index (Phi) is 5.99. The van der Waals surface area contributed by atoms with Gasteiger partial charge in [0.1, 0.15) is 0 Å². The number of carbonyl (C=O) groups excluding carboxylic acids is 1. The van der Waals surface area contributed by atoms with E-state index in [4.69, 9.17) is 9.26 Å². The molecule has 2 aromatic rings. The molecule has 0 atom stereocenters. The number of carbonyl (C=O) groups is 1. The van der Waals surface area contributed by atoms with Gasteiger partial charge in [0, 0.05) is 44.8 Å². The highest BCUT2D eigenvalue weighted by molar-refractivity contribution is 5.78. The van der Waals surface area contributed by atoms with Crippen molar-refractivity contribution < 1.29 is 14.1 Å². The van der Waals surface area contributed by atoms with Gasteiger partial charge in [-0.15, -0.1) is 0 Å². The molecule has 1 aromatic carbocycles. The first kappa shape index (κ1) is 19.0. The summed E-state index contributed by atoms with van der Waals surface area (Å²) in [7, 11) is 0. The summed E-state index contributed by atoms with van der Waals surface area (Å²) in [6.07, 6.45) is 0. The first-order valence-corrected chi connectivity index (χ1v) is 9.87. The number of benzene rings is 1. The monoisotopic (exact) mass is 385 g/mol. The van der Waals surface area contributed by atoms with E-state index in [-0.39, 0.29) is 5.91 Å². The molecule has 0 N–H and O–H groups in total. The van der Waals surface area contributed by atoms with Crippen molar-refractivity contribution in [2.75, 3.05) is 59.0 Å². The zero-order valence-corrected chi connectivity index (χ0v) is 16.3. The molecule has 0 spiro atoms. The zero-order valence-electron chi connectivity index (χ0n) is 16.3. The third-order valence-corrected chi connectivity index (χ3v) is 5.32. The zero-order chi connectivity index (χ0) is 19.3. The second-order valence-electron chi connectivity index (χ2n) is 7.42. The van der Waals surface area contributed by atoms with Crippen molar-refractivity contribution in [3.05, 3.63) is 35.7 Å². The van der Waals surface area contributed by atoms with E-state index in [1.165, 1.54) is 5.56 Å². The van der Waals surface area contributed by atoms with Gasteiger partial charge in [0.15, 0.2) is 0 Å². The summed E-state index contributed by atoms with van der Waals surface area (Å²) in [5, 5.41) is 4.10. The molecule has 0 bridgehead atoms. The van der Waals surface area contributed by atoms with E-state index in [0.29, 0.717) is 51.1 Å². The number of ether oxygens (including phenoxy) is 1. The fraction of sp³-hybridized carbons (Fsp3) is 0.550. The van der Waals surface area contributed by atoms with Crippen LogP contribution >= 0.6 is 0 Å². The first-order chi connectivity index (χ1) is 13.7. The molecule has 2 saturated heterocycles. The van der Waals surface area contributed by atoms with Crippen LogP contribution in [0, 0.1) is 6.92 Å². The van der Waals surface area contributed by atoms with Gasteiger partial charge >= 0.3 is 0 Å². The highest BCUT2D eigenvalue weighted by Crippen LogP contribution is 2.17. The molecule has 150 valence electrons. The molecule has 0 saturated carbocycles. The molecular weight excluding hydrogens is 358 g/mol. The molecule has 2 aliphatic heterocycles. The van der Waals surface area contributed by atoms with Gasteiger partial charge in [0.05, 0.1) is 26.3 Å². The predicted molar refractivity (Wildman–Crippen MR) is 104 cm³/mol. The quantitative estimate of drug-likeness (QED) is 0.761. The van der Waals surface area contributed by atoms with Crippen molar-refractivity contribution in [1.82, 2.24) is 24.8 Å². The standard InChI is InChI=1S/C20H27N5O3/c1-16-2-4-17(5-3-16)20-21-18(28-22-20)14-23-6-8-24(9-7-23)15-19(26)25-10-12-27-13-11-25/h2-5H,6-15H2,1H3. The Morgan fingerprint density at radius 1 is 1.00 bits per heavy atom. The van der Waals surface area contributed by atoms with Gasteiger partial charge in [0.25, 0.3) is 0 Å². The maximum absolute atomic E-state index is 12.4. The van der Waals surface area contributed by atoms with Gasteiger partial charge in [-0.2, -0.15) is 4.98 Å². The lowest BCUT2D eigenvalue weighted by Crippen LogP contribution is -2.51. The summed E-state index contributed by atoms with van der Waals surface area (Å²) >= 11 is 0. The van der Waals surface area contributed by atoms with E-state index in [2.05, 4.69) is 26.9 Å². The lowest BCUT2D eigenvalue weighted by atomic mass is 10.1. The van der Waals surface area contributed by atoms with Gasteiger partial charge in [-0.25, -0.2) is 0 Å². The number of hydrogen-bond acceptors (Lipinski definition) is 7. The topological polar surface area (TPSA) is 74.9 Å². The van der Waals surface area contributed by atoms with Crippen molar-refractivity contribution in [1.29, 1.82) is 0 Å². The fourth-order valence-corrected chi connectivity index (χ4v) is 3.54. The van der Waals surface area contributed by atoms with Crippen LogP contribution in [0.1, 0.15) is 11.5 Å². The van der Waals surface area contributed by atoms with Crippen molar-refractivity contribution in [2.45, 2.75) is 13.5 Å². The van der Waals surface area contributed by atoms with Crippen LogP contribution in [0.15, 0.2) is 28.8 Å². The Hall–Kier alpha value is -2.29. The minimum absolute atomic E-state index is 0.205. The first-order valence-electron chi connectivity index (χ1n) is 9.87. The van der Waals surface area contributed by atoms with Crippen molar-refractivity contribution >= 4 is 5.91 Å². The van der Waals surface area contributed by atoms with E-state index in [0.717, 1.165) is 31.7 Å². The molecule has 2 aliphatic rings. The highest BCUT2D eigenvalue weighted by atomic mass is 16.5. The van der Waals surface area contributed by atoms with Crippen LogP contribution in [0.5, 0.6) is 0 Å². The number of hydrogen-bond donors (Lipinski definition) is 0. The number of amides is 1. The van der Waals surface area contributed by atoms with E-state index >= 15 is 0 Å². The van der Waals surface area contributed by atoms with Crippen LogP contribution in [-0.2, 0) is 16.1 Å². The van der Waals surface area contributed by atoms with E-state index in [1.54, 1.807) is 0 Å². The molecule has 0 unspecified atom stereocenters. The molecule has 2 fully saturated rings. The smallest absolute Gasteiger partial charge is 0.241 e. The average Bonchev–Trinajstić information content (AvgIpc) is 3.19.